The van der Waals surface area contributed by atoms with Crippen molar-refractivity contribution < 1.29 is 0 Å². The van der Waals surface area contributed by atoms with Gasteiger partial charge in [0, 0.05) is 23.5 Å². The van der Waals surface area contributed by atoms with Gasteiger partial charge in [-0.05, 0) is 55.9 Å². The monoisotopic (exact) mass is 312 g/mol. The molecule has 3 aromatic heterocycles. The van der Waals surface area contributed by atoms with E-state index in [0.29, 0.717) is 6.04 Å². The van der Waals surface area contributed by atoms with Gasteiger partial charge in [0.2, 0.25) is 0 Å². The van der Waals surface area contributed by atoms with Crippen LogP contribution in [0, 0.1) is 6.92 Å². The summed E-state index contributed by atoms with van der Waals surface area (Å²) in [5.74, 6) is 1.16. The third kappa shape index (κ3) is 2.55. The van der Waals surface area contributed by atoms with Gasteiger partial charge in [-0.2, -0.15) is 0 Å². The van der Waals surface area contributed by atoms with Crippen LogP contribution >= 0.6 is 11.3 Å². The summed E-state index contributed by atoms with van der Waals surface area (Å²) in [6, 6.07) is 6.96. The molecule has 0 unspecified atom stereocenters. The largest absolute Gasteiger partial charge is 0.317 e. The Morgan fingerprint density at radius 2 is 2.23 bits per heavy atom. The molecule has 1 saturated heterocycles. The third-order valence-electron chi connectivity index (χ3n) is 4.33. The number of nitrogens with one attached hydrogen (secondary N) is 1. The molecule has 4 nitrogen and oxygen atoms in total. The second-order valence-corrected chi connectivity index (χ2v) is 7.02. The summed E-state index contributed by atoms with van der Waals surface area (Å²) in [6.07, 6.45) is 5.16. The number of hydrogen-bond donors (Lipinski definition) is 1. The maximum atomic E-state index is 4.91. The van der Waals surface area contributed by atoms with Crippen LogP contribution in [0.5, 0.6) is 0 Å². The molecule has 0 atom stereocenters. The molecule has 1 aliphatic heterocycles. The van der Waals surface area contributed by atoms with Crippen molar-refractivity contribution in [1.29, 1.82) is 0 Å². The molecule has 1 N–H and O–H groups in total. The van der Waals surface area contributed by atoms with Gasteiger partial charge in [-0.25, -0.2) is 9.97 Å². The third-order valence-corrected chi connectivity index (χ3v) is 5.20. The number of hydrogen-bond acceptors (Lipinski definition) is 4. The fourth-order valence-corrected chi connectivity index (χ4v) is 3.97. The molecule has 0 saturated carbocycles. The summed E-state index contributed by atoms with van der Waals surface area (Å²) in [5.41, 5.74) is 3.25. The van der Waals surface area contributed by atoms with Crippen molar-refractivity contribution in [1.82, 2.24) is 19.9 Å². The van der Waals surface area contributed by atoms with Crippen molar-refractivity contribution in [3.05, 3.63) is 46.0 Å². The van der Waals surface area contributed by atoms with Gasteiger partial charge in [0.1, 0.15) is 11.3 Å². The lowest BCUT2D eigenvalue weighted by atomic mass is 10.1. The highest BCUT2D eigenvalue weighted by Gasteiger charge is 2.22. The molecule has 4 rings (SSSR count). The van der Waals surface area contributed by atoms with Gasteiger partial charge in [-0.1, -0.05) is 6.07 Å². The maximum absolute atomic E-state index is 4.91. The molecule has 3 aromatic rings. The fourth-order valence-electron chi connectivity index (χ4n) is 3.27. The molecule has 0 radical (unpaired) electrons. The minimum atomic E-state index is 0.511. The first-order chi connectivity index (χ1) is 10.8. The Bertz CT molecular complexity index is 769. The standard InChI is InChI=1S/C17H20N4S/c1-12-9-15-17(19-11-12)21(13-4-6-18-7-5-13)16(20-15)10-14-3-2-8-22-14/h2-3,8-9,11,13,18H,4-7,10H2,1H3. The van der Waals surface area contributed by atoms with E-state index in [1.165, 1.54) is 10.4 Å². The summed E-state index contributed by atoms with van der Waals surface area (Å²) in [6.45, 7) is 4.23. The number of rotatable bonds is 3. The van der Waals surface area contributed by atoms with Crippen molar-refractivity contribution in [2.75, 3.05) is 13.1 Å². The molecule has 22 heavy (non-hydrogen) atoms. The predicted molar refractivity (Wildman–Crippen MR) is 90.5 cm³/mol. The van der Waals surface area contributed by atoms with Crippen molar-refractivity contribution >= 4 is 22.5 Å². The number of aromatic nitrogens is 3. The zero-order valence-corrected chi connectivity index (χ0v) is 13.6. The van der Waals surface area contributed by atoms with Crippen molar-refractivity contribution in [2.45, 2.75) is 32.2 Å². The van der Waals surface area contributed by atoms with E-state index in [0.717, 1.165) is 49.3 Å². The van der Waals surface area contributed by atoms with E-state index in [1.54, 1.807) is 11.3 Å². The van der Waals surface area contributed by atoms with Crippen LogP contribution in [-0.4, -0.2) is 27.6 Å². The van der Waals surface area contributed by atoms with Gasteiger partial charge in [-0.15, -0.1) is 11.3 Å². The smallest absolute Gasteiger partial charge is 0.160 e. The lowest BCUT2D eigenvalue weighted by Crippen LogP contribution is -2.30. The molecule has 5 heteroatoms. The number of fused-ring (bicyclic) bond motifs is 1. The van der Waals surface area contributed by atoms with Gasteiger partial charge in [0.25, 0.3) is 0 Å². The Balaban J connectivity index is 1.82. The van der Waals surface area contributed by atoms with Crippen LogP contribution in [0.4, 0.5) is 0 Å². The lowest BCUT2D eigenvalue weighted by molar-refractivity contribution is 0.367. The van der Waals surface area contributed by atoms with Crippen LogP contribution in [0.2, 0.25) is 0 Å². The SMILES string of the molecule is Cc1cnc2c(c1)nc(Cc1cccs1)n2C1CCNCC1. The van der Waals surface area contributed by atoms with Crippen LogP contribution in [0.3, 0.4) is 0 Å². The molecule has 0 spiro atoms. The van der Waals surface area contributed by atoms with Crippen LogP contribution in [0.15, 0.2) is 29.8 Å². The van der Waals surface area contributed by atoms with Crippen molar-refractivity contribution in [2.24, 2.45) is 0 Å². The minimum Gasteiger partial charge on any atom is -0.317 e. The lowest BCUT2D eigenvalue weighted by Gasteiger charge is -2.25. The summed E-state index contributed by atoms with van der Waals surface area (Å²) in [5, 5.41) is 5.58. The number of nitrogens with zero attached hydrogens (tertiary/aromatic N) is 3. The van der Waals surface area contributed by atoms with Crippen molar-refractivity contribution in [3.8, 4) is 0 Å². The summed E-state index contributed by atoms with van der Waals surface area (Å²) in [7, 11) is 0. The molecule has 0 aliphatic carbocycles. The first-order valence-corrected chi connectivity index (χ1v) is 8.76. The molecule has 114 valence electrons. The molecular formula is C17H20N4S. The highest BCUT2D eigenvalue weighted by atomic mass is 32.1. The molecule has 4 heterocycles. The van der Waals surface area contributed by atoms with E-state index in [9.17, 15) is 0 Å². The van der Waals surface area contributed by atoms with Crippen LogP contribution in [-0.2, 0) is 6.42 Å². The number of aryl methyl sites for hydroxylation is 1. The average molecular weight is 312 g/mol. The maximum Gasteiger partial charge on any atom is 0.160 e. The van der Waals surface area contributed by atoms with E-state index in [2.05, 4.69) is 45.4 Å². The Labute approximate surface area is 134 Å². The summed E-state index contributed by atoms with van der Waals surface area (Å²) >= 11 is 1.80. The van der Waals surface area contributed by atoms with Crippen LogP contribution in [0.25, 0.3) is 11.2 Å². The van der Waals surface area contributed by atoms with Crippen molar-refractivity contribution in [3.63, 3.8) is 0 Å². The van der Waals surface area contributed by atoms with E-state index in [4.69, 9.17) is 4.98 Å². The zero-order valence-electron chi connectivity index (χ0n) is 12.7. The van der Waals surface area contributed by atoms with Gasteiger partial charge in [0.05, 0.1) is 0 Å². The first-order valence-electron chi connectivity index (χ1n) is 7.88. The second kappa shape index (κ2) is 5.82. The van der Waals surface area contributed by atoms with Gasteiger partial charge >= 0.3 is 0 Å². The number of imidazole rings is 1. The van der Waals surface area contributed by atoms with Gasteiger partial charge in [0.15, 0.2) is 5.65 Å². The second-order valence-electron chi connectivity index (χ2n) is 5.99. The average Bonchev–Trinajstić information content (AvgIpc) is 3.15. The quantitative estimate of drug-likeness (QED) is 0.807. The molecule has 0 bridgehead atoms. The Kier molecular flexibility index (Phi) is 3.68. The predicted octanol–water partition coefficient (Wildman–Crippen LogP) is 3.32. The van der Waals surface area contributed by atoms with Crippen LogP contribution < -0.4 is 5.32 Å². The molecule has 1 fully saturated rings. The number of pyridine rings is 1. The highest BCUT2D eigenvalue weighted by Crippen LogP contribution is 2.28. The molecule has 0 amide bonds. The number of thiophene rings is 1. The normalized spacial score (nSPS) is 16.4. The first kappa shape index (κ1) is 13.9. The molecule has 0 aromatic carbocycles. The Morgan fingerprint density at radius 1 is 1.36 bits per heavy atom. The highest BCUT2D eigenvalue weighted by molar-refractivity contribution is 7.09. The fraction of sp³-hybridized carbons (Fsp3) is 0.412. The van der Waals surface area contributed by atoms with Crippen LogP contribution in [0.1, 0.15) is 35.1 Å². The van der Waals surface area contributed by atoms with Gasteiger partial charge in [-0.3, -0.25) is 0 Å². The van der Waals surface area contributed by atoms with E-state index in [-0.39, 0.29) is 0 Å². The molecular weight excluding hydrogens is 292 g/mol. The summed E-state index contributed by atoms with van der Waals surface area (Å²) in [4.78, 5) is 11.0. The Morgan fingerprint density at radius 3 is 3.00 bits per heavy atom. The van der Waals surface area contributed by atoms with E-state index < -0.39 is 0 Å². The van der Waals surface area contributed by atoms with E-state index >= 15 is 0 Å². The number of piperidine rings is 1. The zero-order chi connectivity index (χ0) is 14.9. The van der Waals surface area contributed by atoms with E-state index in [1.807, 2.05) is 6.20 Å². The molecule has 1 aliphatic rings. The topological polar surface area (TPSA) is 42.7 Å². The summed E-state index contributed by atoms with van der Waals surface area (Å²) < 4.78 is 2.40. The Hall–Kier alpha value is -1.72. The minimum absolute atomic E-state index is 0.511. The van der Waals surface area contributed by atoms with Gasteiger partial charge < -0.3 is 9.88 Å².